The summed E-state index contributed by atoms with van der Waals surface area (Å²) in [5.74, 6) is 1.10. The molecule has 2 rings (SSSR count). The van der Waals surface area contributed by atoms with Gasteiger partial charge in [0.25, 0.3) is 0 Å². The maximum Gasteiger partial charge on any atom is 0.196 e. The van der Waals surface area contributed by atoms with Crippen LogP contribution in [-0.4, -0.2) is 34.1 Å². The van der Waals surface area contributed by atoms with E-state index in [0.29, 0.717) is 10.1 Å². The molecule has 0 aliphatic rings. The monoisotopic (exact) mass is 608 g/mol. The Bertz CT molecular complexity index is 1130. The Morgan fingerprint density at radius 1 is 1.08 bits per heavy atom. The first-order chi connectivity index (χ1) is 18.5. The van der Waals surface area contributed by atoms with E-state index in [1.807, 2.05) is 47.0 Å². The number of aryl methyl sites for hydroxylation is 1. The summed E-state index contributed by atoms with van der Waals surface area (Å²) in [5.41, 5.74) is 3.18. The van der Waals surface area contributed by atoms with E-state index in [4.69, 9.17) is 34.8 Å². The molecule has 0 amide bonds. The Morgan fingerprint density at radius 3 is 2.08 bits per heavy atom. The molecule has 214 valence electrons. The van der Waals surface area contributed by atoms with Gasteiger partial charge < -0.3 is 4.90 Å². The maximum atomic E-state index is 6.60. The van der Waals surface area contributed by atoms with Gasteiger partial charge in [0, 0.05) is 52.2 Å². The molecule has 0 aliphatic carbocycles. The number of halogens is 3. The zero-order valence-corrected chi connectivity index (χ0v) is 27.4. The first-order valence-corrected chi connectivity index (χ1v) is 14.7. The highest BCUT2D eigenvalue weighted by atomic mass is 35.5. The molecule has 4 nitrogen and oxygen atoms in total. The fourth-order valence-electron chi connectivity index (χ4n) is 3.18. The van der Waals surface area contributed by atoms with Gasteiger partial charge in [-0.15, -0.1) is 29.9 Å². The molecule has 0 saturated heterocycles. The molecule has 1 aromatic carbocycles. The van der Waals surface area contributed by atoms with Crippen molar-refractivity contribution in [1.29, 1.82) is 0 Å². The molecule has 0 aliphatic heterocycles. The van der Waals surface area contributed by atoms with Gasteiger partial charge in [-0.25, -0.2) is 0 Å². The van der Waals surface area contributed by atoms with Gasteiger partial charge in [0.15, 0.2) is 5.16 Å². The summed E-state index contributed by atoms with van der Waals surface area (Å²) >= 11 is 19.7. The highest BCUT2D eigenvalue weighted by Crippen LogP contribution is 2.37. The lowest BCUT2D eigenvalue weighted by molar-refractivity contribution is 0.725. The van der Waals surface area contributed by atoms with Crippen molar-refractivity contribution in [2.24, 2.45) is 5.92 Å². The number of anilines is 1. The first kappa shape index (κ1) is 36.8. The van der Waals surface area contributed by atoms with Crippen LogP contribution in [0.3, 0.4) is 0 Å². The largest absolute Gasteiger partial charge is 0.378 e. The second-order valence-electron chi connectivity index (χ2n) is 8.67. The number of rotatable bonds is 11. The molecule has 2 unspecified atom stereocenters. The second-order valence-corrected chi connectivity index (χ2v) is 11.2. The number of nitrogens with zero attached hydrogens (tertiary/aromatic N) is 4. The van der Waals surface area contributed by atoms with E-state index in [0.717, 1.165) is 45.8 Å². The normalized spacial score (nSPS) is 13.6. The fourth-order valence-corrected chi connectivity index (χ4v) is 4.90. The third-order valence-electron chi connectivity index (χ3n) is 5.54. The minimum absolute atomic E-state index is 0.0176. The number of thioether (sulfide) groups is 1. The number of benzene rings is 1. The fraction of sp³-hybridized carbons (Fsp3) is 0.355. The van der Waals surface area contributed by atoms with Crippen molar-refractivity contribution in [3.05, 3.63) is 101 Å². The number of hydrogen-bond donors (Lipinski definition) is 0. The molecule has 2 aromatic rings. The van der Waals surface area contributed by atoms with Gasteiger partial charge in [-0.3, -0.25) is 4.57 Å². The Hall–Kier alpha value is -2.18. The van der Waals surface area contributed by atoms with Gasteiger partial charge in [-0.1, -0.05) is 85.2 Å². The summed E-state index contributed by atoms with van der Waals surface area (Å²) in [5, 5.41) is 11.8. The molecule has 2 atom stereocenters. The third kappa shape index (κ3) is 12.3. The SMILES string of the molecule is C/C=C(\C)Cl.C=C.C=C/C(Cl)=C\C(Cl)=C(/C)C(Sc1nnc(CCC)n1-c1ccc(N(C)C)cc1)C(C)C=C. The topological polar surface area (TPSA) is 34.0 Å². The Morgan fingerprint density at radius 2 is 1.64 bits per heavy atom. The Kier molecular flexibility index (Phi) is 18.7. The Balaban J connectivity index is 0.00000185. The lowest BCUT2D eigenvalue weighted by Gasteiger charge is -2.23. The van der Waals surface area contributed by atoms with Crippen LogP contribution in [-0.2, 0) is 6.42 Å². The lowest BCUT2D eigenvalue weighted by Crippen LogP contribution is -2.16. The van der Waals surface area contributed by atoms with Crippen molar-refractivity contribution in [3.63, 3.8) is 0 Å². The summed E-state index contributed by atoms with van der Waals surface area (Å²) in [4.78, 5) is 2.08. The molecule has 0 N–H and O–H groups in total. The lowest BCUT2D eigenvalue weighted by atomic mass is 10.0. The molecule has 0 fully saturated rings. The van der Waals surface area contributed by atoms with Gasteiger partial charge in [0.1, 0.15) is 5.82 Å². The molecule has 1 aromatic heterocycles. The van der Waals surface area contributed by atoms with Gasteiger partial charge in [0.05, 0.1) is 0 Å². The van der Waals surface area contributed by atoms with Crippen LogP contribution in [0.15, 0.2) is 101 Å². The van der Waals surface area contributed by atoms with Crippen LogP contribution >= 0.6 is 46.6 Å². The highest BCUT2D eigenvalue weighted by Gasteiger charge is 2.25. The summed E-state index contributed by atoms with van der Waals surface area (Å²) in [6.45, 7) is 23.7. The minimum atomic E-state index is 0.0176. The molecule has 0 saturated carbocycles. The van der Waals surface area contributed by atoms with Crippen molar-refractivity contribution < 1.29 is 0 Å². The van der Waals surface area contributed by atoms with Crippen molar-refractivity contribution in [1.82, 2.24) is 14.8 Å². The van der Waals surface area contributed by atoms with Crippen molar-refractivity contribution in [3.8, 4) is 5.69 Å². The average molecular weight is 610 g/mol. The summed E-state index contributed by atoms with van der Waals surface area (Å²) in [7, 11) is 4.07. The van der Waals surface area contributed by atoms with Gasteiger partial charge >= 0.3 is 0 Å². The van der Waals surface area contributed by atoms with Gasteiger partial charge in [-0.05, 0) is 69.0 Å². The molecule has 0 bridgehead atoms. The predicted molar refractivity (Wildman–Crippen MR) is 178 cm³/mol. The molecular weight excluding hydrogens is 567 g/mol. The zero-order chi connectivity index (χ0) is 30.1. The maximum absolute atomic E-state index is 6.60. The zero-order valence-electron chi connectivity index (χ0n) is 24.3. The van der Waals surface area contributed by atoms with Crippen LogP contribution < -0.4 is 4.90 Å². The van der Waals surface area contributed by atoms with E-state index in [1.165, 1.54) is 0 Å². The minimum Gasteiger partial charge on any atom is -0.378 e. The van der Waals surface area contributed by atoms with Gasteiger partial charge in [-0.2, -0.15) is 0 Å². The number of aromatic nitrogens is 3. The van der Waals surface area contributed by atoms with Crippen molar-refractivity contribution >= 4 is 52.3 Å². The van der Waals surface area contributed by atoms with Crippen LogP contribution in [0, 0.1) is 5.92 Å². The van der Waals surface area contributed by atoms with Crippen LogP contribution in [0.25, 0.3) is 5.69 Å². The van der Waals surface area contributed by atoms with E-state index in [9.17, 15) is 0 Å². The molecule has 1 heterocycles. The van der Waals surface area contributed by atoms with Gasteiger partial charge in [0.2, 0.25) is 0 Å². The van der Waals surface area contributed by atoms with Crippen molar-refractivity contribution in [2.45, 2.75) is 57.9 Å². The molecular formula is C31H43Cl3N4S. The molecule has 8 heteroatoms. The first-order valence-electron chi connectivity index (χ1n) is 12.7. The van der Waals surface area contributed by atoms with Crippen LogP contribution in [0.2, 0.25) is 0 Å². The van der Waals surface area contributed by atoms with Crippen LogP contribution in [0.1, 0.15) is 46.9 Å². The third-order valence-corrected chi connectivity index (χ3v) is 7.94. The average Bonchev–Trinajstić information content (AvgIpc) is 3.34. The summed E-state index contributed by atoms with van der Waals surface area (Å²) < 4.78 is 2.14. The number of hydrogen-bond acceptors (Lipinski definition) is 4. The molecule has 0 radical (unpaired) electrons. The second kappa shape index (κ2) is 19.8. The Labute approximate surface area is 255 Å². The van der Waals surface area contributed by atoms with E-state index in [2.05, 4.69) is 84.1 Å². The molecule has 39 heavy (non-hydrogen) atoms. The summed E-state index contributed by atoms with van der Waals surface area (Å²) in [6.07, 6.45) is 8.91. The quantitative estimate of drug-likeness (QED) is 0.144. The van der Waals surface area contributed by atoms with Crippen molar-refractivity contribution in [2.75, 3.05) is 19.0 Å². The predicted octanol–water partition coefficient (Wildman–Crippen LogP) is 10.3. The van der Waals surface area contributed by atoms with E-state index >= 15 is 0 Å². The smallest absolute Gasteiger partial charge is 0.196 e. The summed E-state index contributed by atoms with van der Waals surface area (Å²) in [6, 6.07) is 8.42. The molecule has 0 spiro atoms. The highest BCUT2D eigenvalue weighted by molar-refractivity contribution is 8.00. The standard InChI is InChI=1S/C25H32Cl2N4S.C4H7Cl.C2H4/c1-8-11-23-28-29-25(31(23)21-14-12-20(13-15-21)30(6)7)32-24(17(4)9-2)18(5)22(27)16-19(26)10-3;1-3-4(2)5;1-2/h9-10,12-17,24H,2-3,8,11H2,1,4-7H3;3H,1-2H3;1-2H2/b19-16+,22-18-;4-3+;. The van der Waals surface area contributed by atoms with Crippen LogP contribution in [0.4, 0.5) is 5.69 Å². The van der Waals surface area contributed by atoms with Crippen LogP contribution in [0.5, 0.6) is 0 Å². The number of allylic oxidation sites excluding steroid dienone is 7. The van der Waals surface area contributed by atoms with E-state index in [-0.39, 0.29) is 11.2 Å². The van der Waals surface area contributed by atoms with E-state index < -0.39 is 0 Å². The van der Waals surface area contributed by atoms with E-state index in [1.54, 1.807) is 23.9 Å².